The molecule has 0 spiro atoms. The Balaban J connectivity index is 1.75. The number of β-amino-alcohol motifs (C(OH)–C–C–N with tert-alkyl or cyclic N) is 1. The van der Waals surface area contributed by atoms with Crippen LogP contribution in [0.1, 0.15) is 24.4 Å². The molecular weight excluding hydrogens is 380 g/mol. The SMILES string of the molecule is O=C(/C=C/c1cccc(-c2nc3ccccc3n2C2CCCN(CCO)C2)c1)NO. The minimum absolute atomic E-state index is 0.167. The van der Waals surface area contributed by atoms with Crippen LogP contribution in [0.3, 0.4) is 0 Å². The van der Waals surface area contributed by atoms with Gasteiger partial charge in [-0.1, -0.05) is 30.3 Å². The number of hydrogen-bond acceptors (Lipinski definition) is 5. The van der Waals surface area contributed by atoms with Crippen LogP contribution in [0.2, 0.25) is 0 Å². The van der Waals surface area contributed by atoms with E-state index in [4.69, 9.17) is 10.2 Å². The first-order valence-electron chi connectivity index (χ1n) is 10.2. The van der Waals surface area contributed by atoms with Gasteiger partial charge in [-0.2, -0.15) is 0 Å². The minimum Gasteiger partial charge on any atom is -0.395 e. The highest BCUT2D eigenvalue weighted by Crippen LogP contribution is 2.33. The summed E-state index contributed by atoms with van der Waals surface area (Å²) >= 11 is 0. The van der Waals surface area contributed by atoms with Crippen LogP contribution in [0.25, 0.3) is 28.5 Å². The number of likely N-dealkylation sites (tertiary alicyclic amines) is 1. The molecule has 0 radical (unpaired) electrons. The topological polar surface area (TPSA) is 90.6 Å². The van der Waals surface area contributed by atoms with Crippen LogP contribution in [-0.4, -0.2) is 56.9 Å². The van der Waals surface area contributed by atoms with E-state index in [1.54, 1.807) is 11.6 Å². The van der Waals surface area contributed by atoms with E-state index in [2.05, 4.69) is 15.5 Å². The largest absolute Gasteiger partial charge is 0.395 e. The highest BCUT2D eigenvalue weighted by molar-refractivity contribution is 5.91. The lowest BCUT2D eigenvalue weighted by atomic mass is 10.0. The van der Waals surface area contributed by atoms with E-state index in [0.717, 1.165) is 53.9 Å². The van der Waals surface area contributed by atoms with Gasteiger partial charge in [-0.25, -0.2) is 10.5 Å². The smallest absolute Gasteiger partial charge is 0.267 e. The van der Waals surface area contributed by atoms with E-state index in [9.17, 15) is 9.90 Å². The van der Waals surface area contributed by atoms with Crippen LogP contribution in [0.4, 0.5) is 0 Å². The number of carbonyl (C=O) groups is 1. The van der Waals surface area contributed by atoms with Crippen LogP contribution >= 0.6 is 0 Å². The number of aromatic nitrogens is 2. The molecule has 1 aliphatic rings. The standard InChI is InChI=1S/C23H26N4O3/c28-14-13-26-12-4-7-19(16-26)27-21-9-2-1-8-20(21)24-23(27)18-6-3-5-17(15-18)10-11-22(29)25-30/h1-3,5-6,8-11,15,19,28,30H,4,7,12-14,16H2,(H,25,29)/b11-10+. The number of para-hydroxylation sites is 2. The second-order valence-electron chi connectivity index (χ2n) is 7.55. The lowest BCUT2D eigenvalue weighted by Gasteiger charge is -2.34. The van der Waals surface area contributed by atoms with E-state index >= 15 is 0 Å². The zero-order valence-corrected chi connectivity index (χ0v) is 16.7. The Morgan fingerprint density at radius 3 is 2.93 bits per heavy atom. The molecule has 2 aromatic carbocycles. The number of fused-ring (bicyclic) bond motifs is 1. The maximum atomic E-state index is 11.3. The number of aliphatic hydroxyl groups excluding tert-OH is 1. The molecule has 4 rings (SSSR count). The monoisotopic (exact) mass is 406 g/mol. The third kappa shape index (κ3) is 4.28. The molecule has 3 N–H and O–H groups in total. The van der Waals surface area contributed by atoms with E-state index in [1.807, 2.05) is 42.5 Å². The van der Waals surface area contributed by atoms with Gasteiger partial charge in [-0.05, 0) is 49.2 Å². The molecular formula is C23H26N4O3. The van der Waals surface area contributed by atoms with Crippen molar-refractivity contribution in [3.8, 4) is 11.4 Å². The summed E-state index contributed by atoms with van der Waals surface area (Å²) < 4.78 is 2.32. The summed E-state index contributed by atoms with van der Waals surface area (Å²) in [6.45, 7) is 2.74. The maximum Gasteiger partial charge on any atom is 0.267 e. The average Bonchev–Trinajstić information content (AvgIpc) is 3.18. The molecule has 0 saturated carbocycles. The number of piperidine rings is 1. The molecule has 156 valence electrons. The number of rotatable bonds is 6. The van der Waals surface area contributed by atoms with Gasteiger partial charge >= 0.3 is 0 Å². The fourth-order valence-corrected chi connectivity index (χ4v) is 4.19. The van der Waals surface area contributed by atoms with Gasteiger partial charge in [0.1, 0.15) is 5.82 Å². The number of benzene rings is 2. The summed E-state index contributed by atoms with van der Waals surface area (Å²) in [5, 5.41) is 18.0. The van der Waals surface area contributed by atoms with Gasteiger partial charge in [0.25, 0.3) is 5.91 Å². The van der Waals surface area contributed by atoms with Crippen molar-refractivity contribution in [1.82, 2.24) is 19.9 Å². The molecule has 1 unspecified atom stereocenters. The zero-order chi connectivity index (χ0) is 20.9. The number of hydroxylamine groups is 1. The van der Waals surface area contributed by atoms with E-state index in [-0.39, 0.29) is 12.6 Å². The number of nitrogens with zero attached hydrogens (tertiary/aromatic N) is 3. The summed E-state index contributed by atoms with van der Waals surface area (Å²) in [5.41, 5.74) is 5.47. The zero-order valence-electron chi connectivity index (χ0n) is 16.7. The summed E-state index contributed by atoms with van der Waals surface area (Å²) in [6, 6.07) is 16.3. The fourth-order valence-electron chi connectivity index (χ4n) is 4.19. The second-order valence-corrected chi connectivity index (χ2v) is 7.55. The van der Waals surface area contributed by atoms with Crippen molar-refractivity contribution in [3.63, 3.8) is 0 Å². The number of hydrogen-bond donors (Lipinski definition) is 3. The molecule has 1 amide bonds. The molecule has 7 heteroatoms. The summed E-state index contributed by atoms with van der Waals surface area (Å²) in [7, 11) is 0. The Morgan fingerprint density at radius 1 is 1.23 bits per heavy atom. The molecule has 1 aliphatic heterocycles. The van der Waals surface area contributed by atoms with Crippen molar-refractivity contribution >= 4 is 23.0 Å². The predicted octanol–water partition coefficient (Wildman–Crippen LogP) is 2.85. The van der Waals surface area contributed by atoms with Gasteiger partial charge in [0, 0.05) is 30.8 Å². The number of carbonyl (C=O) groups excluding carboxylic acids is 1. The van der Waals surface area contributed by atoms with Crippen LogP contribution in [0, 0.1) is 0 Å². The number of imidazole rings is 1. The second kappa shape index (κ2) is 9.21. The minimum atomic E-state index is -0.571. The van der Waals surface area contributed by atoms with Gasteiger partial charge in [0.05, 0.1) is 17.6 Å². The third-order valence-corrected chi connectivity index (χ3v) is 5.54. The Kier molecular flexibility index (Phi) is 6.23. The Hall–Kier alpha value is -3.00. The van der Waals surface area contributed by atoms with E-state index in [0.29, 0.717) is 6.54 Å². The summed E-state index contributed by atoms with van der Waals surface area (Å²) in [6.07, 6.45) is 5.09. The van der Waals surface area contributed by atoms with Gasteiger partial charge in [-0.15, -0.1) is 0 Å². The average molecular weight is 406 g/mol. The molecule has 1 aromatic heterocycles. The van der Waals surface area contributed by atoms with Gasteiger partial charge in [0.2, 0.25) is 0 Å². The molecule has 1 atom stereocenters. The molecule has 2 heterocycles. The molecule has 0 aliphatic carbocycles. The molecule has 30 heavy (non-hydrogen) atoms. The molecule has 3 aromatic rings. The Morgan fingerprint density at radius 2 is 2.10 bits per heavy atom. The summed E-state index contributed by atoms with van der Waals surface area (Å²) in [5.74, 6) is 0.327. The lowest BCUT2D eigenvalue weighted by molar-refractivity contribution is -0.124. The first kappa shape index (κ1) is 20.3. The molecule has 7 nitrogen and oxygen atoms in total. The van der Waals surface area contributed by atoms with Crippen LogP contribution < -0.4 is 5.48 Å². The Labute approximate surface area is 175 Å². The maximum absolute atomic E-state index is 11.3. The van der Waals surface area contributed by atoms with Crippen molar-refractivity contribution in [2.24, 2.45) is 0 Å². The van der Waals surface area contributed by atoms with Crippen LogP contribution in [-0.2, 0) is 4.79 Å². The van der Waals surface area contributed by atoms with Gasteiger partial charge in [-0.3, -0.25) is 14.9 Å². The van der Waals surface area contributed by atoms with Crippen molar-refractivity contribution in [2.45, 2.75) is 18.9 Å². The quantitative estimate of drug-likeness (QED) is 0.333. The molecule has 1 fully saturated rings. The first-order valence-corrected chi connectivity index (χ1v) is 10.2. The van der Waals surface area contributed by atoms with Crippen LogP contribution in [0.5, 0.6) is 0 Å². The number of amides is 1. The predicted molar refractivity (Wildman–Crippen MR) is 116 cm³/mol. The molecule has 0 bridgehead atoms. The number of aliphatic hydroxyl groups is 1. The highest BCUT2D eigenvalue weighted by Gasteiger charge is 2.25. The first-order chi connectivity index (χ1) is 14.7. The number of nitrogens with one attached hydrogen (secondary N) is 1. The molecule has 1 saturated heterocycles. The van der Waals surface area contributed by atoms with Crippen molar-refractivity contribution in [1.29, 1.82) is 0 Å². The lowest BCUT2D eigenvalue weighted by Crippen LogP contribution is -2.38. The van der Waals surface area contributed by atoms with Crippen molar-refractivity contribution in [3.05, 3.63) is 60.2 Å². The van der Waals surface area contributed by atoms with Crippen molar-refractivity contribution < 1.29 is 15.1 Å². The van der Waals surface area contributed by atoms with Gasteiger partial charge < -0.3 is 9.67 Å². The highest BCUT2D eigenvalue weighted by atomic mass is 16.5. The van der Waals surface area contributed by atoms with Crippen LogP contribution in [0.15, 0.2) is 54.6 Å². The van der Waals surface area contributed by atoms with Crippen molar-refractivity contribution in [2.75, 3.05) is 26.2 Å². The van der Waals surface area contributed by atoms with E-state index < -0.39 is 5.91 Å². The third-order valence-electron chi connectivity index (χ3n) is 5.54. The van der Waals surface area contributed by atoms with E-state index in [1.165, 1.54) is 6.08 Å². The Bertz CT molecular complexity index is 1060. The normalized spacial score (nSPS) is 17.6. The summed E-state index contributed by atoms with van der Waals surface area (Å²) in [4.78, 5) is 18.6. The van der Waals surface area contributed by atoms with Gasteiger partial charge in [0.15, 0.2) is 0 Å². The fraction of sp³-hybridized carbons (Fsp3) is 0.304.